The third-order valence-corrected chi connectivity index (χ3v) is 4.13. The number of anilines is 1. The standard InChI is InChI=1S/C17H21N3O3/c1-12(21)19-10-16-11-23-17(22)20(16)15-4-2-13(3-5-15)14-6-8-18-9-7-14/h2-6,16,18H,7-11H2,1H3,(H,19,21). The van der Waals surface area contributed by atoms with Gasteiger partial charge in [0.1, 0.15) is 6.61 Å². The second-order valence-electron chi connectivity index (χ2n) is 5.77. The minimum absolute atomic E-state index is 0.113. The number of carbonyl (C=O) groups is 2. The fourth-order valence-electron chi connectivity index (χ4n) is 2.91. The van der Waals surface area contributed by atoms with Gasteiger partial charge in [0, 0.05) is 25.7 Å². The van der Waals surface area contributed by atoms with Crippen molar-refractivity contribution in [2.45, 2.75) is 19.4 Å². The van der Waals surface area contributed by atoms with Gasteiger partial charge in [0.2, 0.25) is 5.91 Å². The monoisotopic (exact) mass is 315 g/mol. The highest BCUT2D eigenvalue weighted by Crippen LogP contribution is 2.26. The van der Waals surface area contributed by atoms with Gasteiger partial charge >= 0.3 is 6.09 Å². The number of nitrogens with one attached hydrogen (secondary N) is 2. The van der Waals surface area contributed by atoms with Crippen LogP contribution in [0.15, 0.2) is 30.3 Å². The van der Waals surface area contributed by atoms with E-state index in [1.165, 1.54) is 18.1 Å². The van der Waals surface area contributed by atoms with E-state index in [1.807, 2.05) is 24.3 Å². The van der Waals surface area contributed by atoms with Crippen LogP contribution in [-0.4, -0.2) is 44.3 Å². The lowest BCUT2D eigenvalue weighted by molar-refractivity contribution is -0.119. The topological polar surface area (TPSA) is 70.7 Å². The van der Waals surface area contributed by atoms with Gasteiger partial charge in [-0.3, -0.25) is 9.69 Å². The molecule has 0 aliphatic carbocycles. The van der Waals surface area contributed by atoms with Gasteiger partial charge in [0.25, 0.3) is 0 Å². The molecule has 2 N–H and O–H groups in total. The molecule has 3 rings (SSSR count). The molecule has 1 fully saturated rings. The van der Waals surface area contributed by atoms with Crippen LogP contribution in [0.1, 0.15) is 18.9 Å². The van der Waals surface area contributed by atoms with E-state index in [1.54, 1.807) is 4.90 Å². The van der Waals surface area contributed by atoms with Crippen molar-refractivity contribution >= 4 is 23.3 Å². The van der Waals surface area contributed by atoms with Crippen molar-refractivity contribution < 1.29 is 14.3 Å². The summed E-state index contributed by atoms with van der Waals surface area (Å²) >= 11 is 0. The smallest absolute Gasteiger partial charge is 0.414 e. The predicted molar refractivity (Wildman–Crippen MR) is 88.2 cm³/mol. The number of hydrogen-bond acceptors (Lipinski definition) is 4. The highest BCUT2D eigenvalue weighted by Gasteiger charge is 2.34. The van der Waals surface area contributed by atoms with E-state index in [9.17, 15) is 9.59 Å². The number of benzene rings is 1. The lowest BCUT2D eigenvalue weighted by atomic mass is 10.00. The largest absolute Gasteiger partial charge is 0.447 e. The molecule has 0 radical (unpaired) electrons. The van der Waals surface area contributed by atoms with Crippen LogP contribution >= 0.6 is 0 Å². The molecule has 0 saturated carbocycles. The minimum Gasteiger partial charge on any atom is -0.447 e. The molecule has 1 aromatic rings. The predicted octanol–water partition coefficient (Wildman–Crippen LogP) is 1.52. The first kappa shape index (κ1) is 15.6. The third kappa shape index (κ3) is 3.53. The number of ether oxygens (including phenoxy) is 1. The van der Waals surface area contributed by atoms with Crippen molar-refractivity contribution in [1.82, 2.24) is 10.6 Å². The molecule has 6 nitrogen and oxygen atoms in total. The molecule has 0 aromatic heterocycles. The summed E-state index contributed by atoms with van der Waals surface area (Å²) in [6.45, 7) is 4.03. The molecule has 0 bridgehead atoms. The zero-order valence-corrected chi connectivity index (χ0v) is 13.2. The van der Waals surface area contributed by atoms with Gasteiger partial charge in [-0.1, -0.05) is 18.2 Å². The SMILES string of the molecule is CC(=O)NCC1COC(=O)N1c1ccc(C2=CCNCC2)cc1. The molecule has 122 valence electrons. The van der Waals surface area contributed by atoms with Crippen LogP contribution in [0.4, 0.5) is 10.5 Å². The highest BCUT2D eigenvalue weighted by molar-refractivity contribution is 5.90. The molecule has 2 aliphatic rings. The van der Waals surface area contributed by atoms with E-state index in [0.717, 1.165) is 25.2 Å². The second kappa shape index (κ2) is 6.83. The van der Waals surface area contributed by atoms with Crippen molar-refractivity contribution in [1.29, 1.82) is 0 Å². The Balaban J connectivity index is 1.75. The zero-order chi connectivity index (χ0) is 16.2. The van der Waals surface area contributed by atoms with Crippen molar-refractivity contribution in [3.05, 3.63) is 35.9 Å². The summed E-state index contributed by atoms with van der Waals surface area (Å²) in [5.41, 5.74) is 3.30. The average molecular weight is 315 g/mol. The fourth-order valence-corrected chi connectivity index (χ4v) is 2.91. The van der Waals surface area contributed by atoms with Crippen LogP contribution in [0.25, 0.3) is 5.57 Å². The quantitative estimate of drug-likeness (QED) is 0.884. The minimum atomic E-state index is -0.366. The molecular weight excluding hydrogens is 294 g/mol. The van der Waals surface area contributed by atoms with Crippen LogP contribution in [0.2, 0.25) is 0 Å². The fraction of sp³-hybridized carbons (Fsp3) is 0.412. The van der Waals surface area contributed by atoms with Gasteiger partial charge in [-0.15, -0.1) is 0 Å². The summed E-state index contributed by atoms with van der Waals surface area (Å²) < 4.78 is 5.13. The van der Waals surface area contributed by atoms with Crippen LogP contribution in [0.5, 0.6) is 0 Å². The van der Waals surface area contributed by atoms with Gasteiger partial charge in [-0.2, -0.15) is 0 Å². The summed E-state index contributed by atoms with van der Waals surface area (Å²) in [6, 6.07) is 7.77. The van der Waals surface area contributed by atoms with Crippen molar-refractivity contribution in [2.75, 3.05) is 31.1 Å². The first-order valence-corrected chi connectivity index (χ1v) is 7.86. The molecule has 1 atom stereocenters. The van der Waals surface area contributed by atoms with E-state index in [-0.39, 0.29) is 24.6 Å². The van der Waals surface area contributed by atoms with E-state index in [2.05, 4.69) is 16.7 Å². The van der Waals surface area contributed by atoms with E-state index >= 15 is 0 Å². The molecule has 0 spiro atoms. The molecule has 23 heavy (non-hydrogen) atoms. The highest BCUT2D eigenvalue weighted by atomic mass is 16.6. The summed E-state index contributed by atoms with van der Waals surface area (Å²) in [7, 11) is 0. The van der Waals surface area contributed by atoms with Crippen LogP contribution in [0, 0.1) is 0 Å². The Hall–Kier alpha value is -2.34. The molecule has 6 heteroatoms. The van der Waals surface area contributed by atoms with Crippen molar-refractivity contribution in [2.24, 2.45) is 0 Å². The lowest BCUT2D eigenvalue weighted by Gasteiger charge is -2.22. The molecule has 2 amide bonds. The number of cyclic esters (lactones) is 1. The molecular formula is C17H21N3O3. The molecule has 1 saturated heterocycles. The molecule has 1 aromatic carbocycles. The number of rotatable bonds is 4. The molecule has 2 aliphatic heterocycles. The lowest BCUT2D eigenvalue weighted by Crippen LogP contribution is -2.42. The van der Waals surface area contributed by atoms with Gasteiger partial charge < -0.3 is 15.4 Å². The maximum Gasteiger partial charge on any atom is 0.414 e. The second-order valence-corrected chi connectivity index (χ2v) is 5.77. The van der Waals surface area contributed by atoms with Gasteiger partial charge in [0.15, 0.2) is 0 Å². The number of hydrogen-bond donors (Lipinski definition) is 2. The zero-order valence-electron chi connectivity index (χ0n) is 13.2. The summed E-state index contributed by atoms with van der Waals surface area (Å²) in [6.07, 6.45) is 2.84. The normalized spacial score (nSPS) is 20.9. The maximum atomic E-state index is 12.0. The van der Waals surface area contributed by atoms with Gasteiger partial charge in [0.05, 0.1) is 6.04 Å². The van der Waals surface area contributed by atoms with Crippen molar-refractivity contribution in [3.63, 3.8) is 0 Å². The van der Waals surface area contributed by atoms with E-state index in [0.29, 0.717) is 6.54 Å². The number of nitrogens with zero attached hydrogens (tertiary/aromatic N) is 1. The molecule has 1 unspecified atom stereocenters. The Labute approximate surface area is 135 Å². The first-order valence-electron chi connectivity index (χ1n) is 7.86. The Morgan fingerprint density at radius 2 is 2.17 bits per heavy atom. The first-order chi connectivity index (χ1) is 11.1. The Bertz CT molecular complexity index is 624. The van der Waals surface area contributed by atoms with Crippen molar-refractivity contribution in [3.8, 4) is 0 Å². The number of carbonyl (C=O) groups excluding carboxylic acids is 2. The van der Waals surface area contributed by atoms with Gasteiger partial charge in [-0.25, -0.2) is 4.79 Å². The Kier molecular flexibility index (Phi) is 4.62. The maximum absolute atomic E-state index is 12.0. The summed E-state index contributed by atoms with van der Waals surface area (Å²) in [4.78, 5) is 24.7. The van der Waals surface area contributed by atoms with E-state index in [4.69, 9.17) is 4.74 Å². The van der Waals surface area contributed by atoms with E-state index < -0.39 is 0 Å². The Morgan fingerprint density at radius 1 is 1.39 bits per heavy atom. The average Bonchev–Trinajstić information content (AvgIpc) is 2.95. The van der Waals surface area contributed by atoms with Gasteiger partial charge in [-0.05, 0) is 36.2 Å². The van der Waals surface area contributed by atoms with Crippen LogP contribution in [0.3, 0.4) is 0 Å². The van der Waals surface area contributed by atoms with Crippen LogP contribution in [-0.2, 0) is 9.53 Å². The summed E-state index contributed by atoms with van der Waals surface area (Å²) in [5.74, 6) is -0.113. The Morgan fingerprint density at radius 3 is 2.83 bits per heavy atom. The third-order valence-electron chi connectivity index (χ3n) is 4.13. The number of amides is 2. The summed E-state index contributed by atoms with van der Waals surface area (Å²) in [5, 5.41) is 6.04. The van der Waals surface area contributed by atoms with Crippen LogP contribution < -0.4 is 15.5 Å². The molecule has 2 heterocycles.